The second kappa shape index (κ2) is 13.5. The molecule has 2 aromatic rings. The Morgan fingerprint density at radius 2 is 1.38 bits per heavy atom. The molecular formula is C30H42O4. The largest absolute Gasteiger partial charge is 0.494 e. The maximum absolute atomic E-state index is 12.4. The second-order valence-corrected chi connectivity index (χ2v) is 9.69. The van der Waals surface area contributed by atoms with Crippen LogP contribution in [0.4, 0.5) is 0 Å². The first-order valence-corrected chi connectivity index (χ1v) is 13.3. The summed E-state index contributed by atoms with van der Waals surface area (Å²) in [5.41, 5.74) is 2.31. The molecule has 0 spiro atoms. The molecule has 0 saturated heterocycles. The topological polar surface area (TPSA) is 55.8 Å². The van der Waals surface area contributed by atoms with Crippen molar-refractivity contribution in [2.75, 3.05) is 13.2 Å². The van der Waals surface area contributed by atoms with Gasteiger partial charge in [0.15, 0.2) is 0 Å². The number of aliphatic hydroxyl groups is 1. The fourth-order valence-electron chi connectivity index (χ4n) is 4.70. The van der Waals surface area contributed by atoms with Crippen LogP contribution in [-0.4, -0.2) is 24.3 Å². The lowest BCUT2D eigenvalue weighted by molar-refractivity contribution is -0.152. The molecule has 0 heterocycles. The van der Waals surface area contributed by atoms with E-state index in [-0.39, 0.29) is 11.9 Å². The van der Waals surface area contributed by atoms with E-state index in [0.717, 1.165) is 48.3 Å². The van der Waals surface area contributed by atoms with Crippen LogP contribution in [0.1, 0.15) is 90.0 Å². The summed E-state index contributed by atoms with van der Waals surface area (Å²) in [7, 11) is 0. The number of benzene rings is 2. The average Bonchev–Trinajstić information content (AvgIpc) is 2.87. The Balaban J connectivity index is 1.49. The Labute approximate surface area is 205 Å². The van der Waals surface area contributed by atoms with Crippen LogP contribution in [0.15, 0.2) is 48.5 Å². The lowest BCUT2D eigenvalue weighted by Gasteiger charge is -2.35. The molecule has 186 valence electrons. The average molecular weight is 467 g/mol. The quantitative estimate of drug-likeness (QED) is 0.246. The van der Waals surface area contributed by atoms with Crippen LogP contribution in [0.5, 0.6) is 5.75 Å². The molecule has 1 aliphatic rings. The van der Waals surface area contributed by atoms with Gasteiger partial charge in [0, 0.05) is 0 Å². The van der Waals surface area contributed by atoms with Crippen LogP contribution in [0.3, 0.4) is 0 Å². The van der Waals surface area contributed by atoms with Gasteiger partial charge in [0.05, 0.1) is 24.7 Å². The number of carbonyl (C=O) groups excluding carboxylic acids is 1. The number of hydrogen-bond acceptors (Lipinski definition) is 4. The van der Waals surface area contributed by atoms with Crippen molar-refractivity contribution >= 4 is 5.97 Å². The zero-order chi connectivity index (χ0) is 24.2. The predicted octanol–water partition coefficient (Wildman–Crippen LogP) is 7.42. The number of carbonyl (C=O) groups is 1. The summed E-state index contributed by atoms with van der Waals surface area (Å²) in [5, 5.41) is 11.3. The smallest absolute Gasteiger partial charge is 0.308 e. The first kappa shape index (κ1) is 26.3. The van der Waals surface area contributed by atoms with Gasteiger partial charge in [0.25, 0.3) is 0 Å². The van der Waals surface area contributed by atoms with Gasteiger partial charge >= 0.3 is 5.97 Å². The van der Waals surface area contributed by atoms with E-state index in [9.17, 15) is 9.90 Å². The molecule has 1 fully saturated rings. The molecule has 4 nitrogen and oxygen atoms in total. The zero-order valence-electron chi connectivity index (χ0n) is 21.1. The van der Waals surface area contributed by atoms with E-state index in [4.69, 9.17) is 9.47 Å². The molecule has 3 rings (SSSR count). The van der Waals surface area contributed by atoms with Gasteiger partial charge in [-0.05, 0) is 67.3 Å². The van der Waals surface area contributed by atoms with Gasteiger partial charge in [-0.1, -0.05) is 82.3 Å². The van der Waals surface area contributed by atoms with Crippen molar-refractivity contribution in [3.63, 3.8) is 0 Å². The number of rotatable bonds is 13. The lowest BCUT2D eigenvalue weighted by atomic mass is 9.75. The van der Waals surface area contributed by atoms with Gasteiger partial charge in [-0.2, -0.15) is 0 Å². The fraction of sp³-hybridized carbons (Fsp3) is 0.567. The van der Waals surface area contributed by atoms with Crippen LogP contribution in [0, 0.1) is 5.92 Å². The van der Waals surface area contributed by atoms with Crippen LogP contribution in [0.25, 0.3) is 11.1 Å². The van der Waals surface area contributed by atoms with Crippen LogP contribution >= 0.6 is 0 Å². The highest BCUT2D eigenvalue weighted by Gasteiger charge is 2.37. The van der Waals surface area contributed by atoms with Gasteiger partial charge in [-0.3, -0.25) is 4.79 Å². The SMILES string of the molecule is CCCCCCOC(=O)C1CCC(O)(c2ccc(-c3ccc(OCCCCC)cc3)cc2)CC1. The molecule has 0 bridgehead atoms. The van der Waals surface area contributed by atoms with Gasteiger partial charge in [-0.25, -0.2) is 0 Å². The minimum Gasteiger partial charge on any atom is -0.494 e. The standard InChI is InChI=1S/C30H42O4/c1-3-5-7-9-23-34-29(31)26-18-20-30(32,21-19-26)27-14-10-24(11-15-27)25-12-16-28(17-13-25)33-22-8-6-4-2/h10-17,26,32H,3-9,18-23H2,1-2H3. The normalized spacial score (nSPS) is 20.1. The highest BCUT2D eigenvalue weighted by atomic mass is 16.5. The molecule has 0 aliphatic heterocycles. The molecular weight excluding hydrogens is 424 g/mol. The number of unbranched alkanes of at least 4 members (excludes halogenated alkanes) is 5. The highest BCUT2D eigenvalue weighted by Crippen LogP contribution is 2.40. The van der Waals surface area contributed by atoms with E-state index >= 15 is 0 Å². The van der Waals surface area contributed by atoms with Crippen molar-refractivity contribution in [2.24, 2.45) is 5.92 Å². The molecule has 0 radical (unpaired) electrons. The van der Waals surface area contributed by atoms with Crippen molar-refractivity contribution in [1.82, 2.24) is 0 Å². The molecule has 0 amide bonds. The third kappa shape index (κ3) is 7.59. The summed E-state index contributed by atoms with van der Waals surface area (Å²) in [6.45, 7) is 5.65. The Bertz CT molecular complexity index is 848. The highest BCUT2D eigenvalue weighted by molar-refractivity contribution is 5.72. The fourth-order valence-corrected chi connectivity index (χ4v) is 4.70. The molecule has 2 aromatic carbocycles. The van der Waals surface area contributed by atoms with Crippen molar-refractivity contribution in [2.45, 2.75) is 90.1 Å². The second-order valence-electron chi connectivity index (χ2n) is 9.69. The van der Waals surface area contributed by atoms with Gasteiger partial charge < -0.3 is 14.6 Å². The molecule has 0 unspecified atom stereocenters. The number of ether oxygens (including phenoxy) is 2. The summed E-state index contributed by atoms with van der Waals surface area (Å²) in [5.74, 6) is 0.724. The monoisotopic (exact) mass is 466 g/mol. The van der Waals surface area contributed by atoms with Gasteiger partial charge in [0.2, 0.25) is 0 Å². The zero-order valence-corrected chi connectivity index (χ0v) is 21.1. The van der Waals surface area contributed by atoms with Crippen molar-refractivity contribution in [3.8, 4) is 16.9 Å². The first-order chi connectivity index (χ1) is 16.6. The lowest BCUT2D eigenvalue weighted by Crippen LogP contribution is -2.34. The van der Waals surface area contributed by atoms with E-state index in [1.165, 1.54) is 25.7 Å². The molecule has 0 atom stereocenters. The maximum Gasteiger partial charge on any atom is 0.308 e. The third-order valence-electron chi connectivity index (χ3n) is 7.01. The first-order valence-electron chi connectivity index (χ1n) is 13.3. The molecule has 1 aliphatic carbocycles. The van der Waals surface area contributed by atoms with E-state index in [0.29, 0.717) is 32.3 Å². The predicted molar refractivity (Wildman–Crippen MR) is 138 cm³/mol. The van der Waals surface area contributed by atoms with Crippen molar-refractivity contribution < 1.29 is 19.4 Å². The number of esters is 1. The van der Waals surface area contributed by atoms with Gasteiger partial charge in [0.1, 0.15) is 5.75 Å². The van der Waals surface area contributed by atoms with Crippen LogP contribution in [0.2, 0.25) is 0 Å². The van der Waals surface area contributed by atoms with Crippen LogP contribution in [-0.2, 0) is 15.1 Å². The molecule has 1 N–H and O–H groups in total. The summed E-state index contributed by atoms with van der Waals surface area (Å²) >= 11 is 0. The Hall–Kier alpha value is -2.33. The van der Waals surface area contributed by atoms with E-state index in [1.54, 1.807) is 0 Å². The Kier molecular flexibility index (Phi) is 10.5. The summed E-state index contributed by atoms with van der Waals surface area (Å²) < 4.78 is 11.3. The maximum atomic E-state index is 12.4. The minimum atomic E-state index is -0.868. The Morgan fingerprint density at radius 3 is 2.00 bits per heavy atom. The number of hydrogen-bond donors (Lipinski definition) is 1. The van der Waals surface area contributed by atoms with Crippen molar-refractivity contribution in [1.29, 1.82) is 0 Å². The minimum absolute atomic E-state index is 0.0894. The molecule has 34 heavy (non-hydrogen) atoms. The molecule has 4 heteroatoms. The molecule has 0 aromatic heterocycles. The van der Waals surface area contributed by atoms with Gasteiger partial charge in [-0.15, -0.1) is 0 Å². The van der Waals surface area contributed by atoms with E-state index in [2.05, 4.69) is 38.1 Å². The summed E-state index contributed by atoms with van der Waals surface area (Å²) in [6, 6.07) is 16.4. The summed E-state index contributed by atoms with van der Waals surface area (Å²) in [4.78, 5) is 12.4. The van der Waals surface area contributed by atoms with E-state index in [1.807, 2.05) is 24.3 Å². The third-order valence-corrected chi connectivity index (χ3v) is 7.01. The van der Waals surface area contributed by atoms with E-state index < -0.39 is 5.60 Å². The van der Waals surface area contributed by atoms with Crippen molar-refractivity contribution in [3.05, 3.63) is 54.1 Å². The Morgan fingerprint density at radius 1 is 0.824 bits per heavy atom. The van der Waals surface area contributed by atoms with Crippen LogP contribution < -0.4 is 4.74 Å². The summed E-state index contributed by atoms with van der Waals surface area (Å²) in [6.07, 6.45) is 10.4. The molecule has 1 saturated carbocycles.